The fourth-order valence-electron chi connectivity index (χ4n) is 4.11. The summed E-state index contributed by atoms with van der Waals surface area (Å²) in [5.41, 5.74) is -1.80. The Hall–Kier alpha value is -3.48. The van der Waals surface area contributed by atoms with Gasteiger partial charge in [0, 0.05) is 6.54 Å². The second-order valence-electron chi connectivity index (χ2n) is 14.6. The van der Waals surface area contributed by atoms with E-state index < -0.39 is 86.1 Å². The van der Waals surface area contributed by atoms with Crippen LogP contribution in [0.15, 0.2) is 30.3 Å². The molecule has 0 spiro atoms. The Labute approximate surface area is 282 Å². The maximum atomic E-state index is 13.9. The molecule has 1 aliphatic heterocycles. The van der Waals surface area contributed by atoms with E-state index >= 15 is 0 Å². The number of hydrogen-bond acceptors (Lipinski definition) is 13. The third-order valence-electron chi connectivity index (χ3n) is 7.01. The fraction of sp³-hybridized carbons (Fsp3) is 0.667. The number of amides is 1. The summed E-state index contributed by atoms with van der Waals surface area (Å²) in [6, 6.07) is 7.78. The summed E-state index contributed by atoms with van der Waals surface area (Å²) in [7, 11) is -4.12. The summed E-state index contributed by atoms with van der Waals surface area (Å²) in [4.78, 5) is 64.4. The van der Waals surface area contributed by atoms with Crippen molar-refractivity contribution in [3.05, 3.63) is 35.9 Å². The van der Waals surface area contributed by atoms with Crippen LogP contribution < -0.4 is 0 Å². The van der Waals surface area contributed by atoms with Gasteiger partial charge < -0.3 is 23.7 Å². The molecule has 0 N–H and O–H groups in total. The average Bonchev–Trinajstić information content (AvgIpc) is 2.98. The van der Waals surface area contributed by atoms with E-state index in [4.69, 9.17) is 32.7 Å². The molecular formula is C33H50NO13P. The predicted molar refractivity (Wildman–Crippen MR) is 172 cm³/mol. The molecule has 1 saturated heterocycles. The molecule has 0 aromatic heterocycles. The van der Waals surface area contributed by atoms with Gasteiger partial charge in [-0.25, -0.2) is 9.59 Å². The van der Waals surface area contributed by atoms with Gasteiger partial charge in [-0.1, -0.05) is 30.3 Å². The largest absolute Gasteiger partial charge is 0.445 e. The van der Waals surface area contributed by atoms with Crippen molar-refractivity contribution in [3.8, 4) is 0 Å². The van der Waals surface area contributed by atoms with E-state index in [1.54, 1.807) is 86.6 Å². The standard InChI is InChI=1S/C33H50NO13P/c1-31(2,3)27(36)43-20-42-26(35)25-17-24(15-16-34(25)30(39)41-18-23-13-11-10-12-14-23)19-48(40,46-21-44-28(37)32(4,5)6)47-22-45-29(38)33(7,8)9/h10-14,24-25H,15-22H2,1-9H3/t24-,25+/m1/s1. The van der Waals surface area contributed by atoms with E-state index in [1.807, 2.05) is 6.07 Å². The van der Waals surface area contributed by atoms with Crippen molar-refractivity contribution in [2.24, 2.45) is 22.2 Å². The van der Waals surface area contributed by atoms with Crippen LogP contribution in [0.2, 0.25) is 0 Å². The van der Waals surface area contributed by atoms with E-state index in [9.17, 15) is 28.5 Å². The third kappa shape index (κ3) is 13.6. The van der Waals surface area contributed by atoms with Crippen LogP contribution in [0.5, 0.6) is 0 Å². The van der Waals surface area contributed by atoms with Crippen molar-refractivity contribution in [2.45, 2.75) is 87.8 Å². The molecule has 270 valence electrons. The molecule has 1 fully saturated rings. The minimum absolute atomic E-state index is 0.0118. The molecule has 1 aromatic carbocycles. The molecule has 2 atom stereocenters. The van der Waals surface area contributed by atoms with Gasteiger partial charge in [0.1, 0.15) is 12.6 Å². The number of ether oxygens (including phenoxy) is 5. The van der Waals surface area contributed by atoms with Gasteiger partial charge in [0.2, 0.25) is 20.4 Å². The Morgan fingerprint density at radius 3 is 1.67 bits per heavy atom. The van der Waals surface area contributed by atoms with Crippen LogP contribution in [0.25, 0.3) is 0 Å². The smallest absolute Gasteiger partial charge is 0.410 e. The molecule has 1 heterocycles. The molecule has 48 heavy (non-hydrogen) atoms. The van der Waals surface area contributed by atoms with E-state index in [-0.39, 0.29) is 32.2 Å². The molecule has 0 radical (unpaired) electrons. The zero-order valence-corrected chi connectivity index (χ0v) is 30.3. The molecule has 2 rings (SSSR count). The van der Waals surface area contributed by atoms with Gasteiger partial charge in [0.25, 0.3) is 0 Å². The van der Waals surface area contributed by atoms with Crippen LogP contribution in [0.4, 0.5) is 4.79 Å². The van der Waals surface area contributed by atoms with Crippen molar-refractivity contribution < 1.29 is 61.3 Å². The Morgan fingerprint density at radius 2 is 1.19 bits per heavy atom. The number of esters is 4. The van der Waals surface area contributed by atoms with Crippen LogP contribution in [0, 0.1) is 22.2 Å². The first-order chi connectivity index (χ1) is 22.1. The molecular weight excluding hydrogens is 649 g/mol. The van der Waals surface area contributed by atoms with Gasteiger partial charge in [-0.3, -0.25) is 32.9 Å². The fourth-order valence-corrected chi connectivity index (χ4v) is 5.79. The number of benzene rings is 1. The zero-order chi connectivity index (χ0) is 36.3. The van der Waals surface area contributed by atoms with Crippen molar-refractivity contribution in [2.75, 3.05) is 33.1 Å². The summed E-state index contributed by atoms with van der Waals surface area (Å²) in [6.07, 6.45) is -0.844. The number of carbonyl (C=O) groups excluding carboxylic acids is 5. The second kappa shape index (κ2) is 17.3. The maximum Gasteiger partial charge on any atom is 0.410 e. The summed E-state index contributed by atoms with van der Waals surface area (Å²) in [6.45, 7) is 12.7. The first kappa shape index (κ1) is 40.7. The summed E-state index contributed by atoms with van der Waals surface area (Å²) in [5.74, 6) is -3.21. The van der Waals surface area contributed by atoms with Gasteiger partial charge in [-0.2, -0.15) is 0 Å². The summed E-state index contributed by atoms with van der Waals surface area (Å²) >= 11 is 0. The number of likely N-dealkylation sites (tertiary alicyclic amines) is 1. The second-order valence-corrected chi connectivity index (χ2v) is 16.7. The molecule has 0 aliphatic carbocycles. The quantitative estimate of drug-likeness (QED) is 0.105. The molecule has 1 amide bonds. The molecule has 0 unspecified atom stereocenters. The Bertz CT molecular complexity index is 1280. The Morgan fingerprint density at radius 1 is 0.708 bits per heavy atom. The van der Waals surface area contributed by atoms with Gasteiger partial charge >= 0.3 is 37.6 Å². The van der Waals surface area contributed by atoms with Crippen LogP contribution in [0.1, 0.15) is 80.7 Å². The molecule has 0 saturated carbocycles. The highest BCUT2D eigenvalue weighted by molar-refractivity contribution is 7.53. The Kier molecular flexibility index (Phi) is 14.6. The van der Waals surface area contributed by atoms with E-state index in [1.165, 1.54) is 4.90 Å². The van der Waals surface area contributed by atoms with Gasteiger partial charge in [0.05, 0.1) is 22.4 Å². The number of rotatable bonds is 13. The normalized spacial score (nSPS) is 17.2. The first-order valence-corrected chi connectivity index (χ1v) is 17.4. The molecule has 15 heteroatoms. The summed E-state index contributed by atoms with van der Waals surface area (Å²) < 4.78 is 50.9. The van der Waals surface area contributed by atoms with Crippen LogP contribution in [-0.2, 0) is 63.1 Å². The topological polar surface area (TPSA) is 170 Å². The van der Waals surface area contributed by atoms with Crippen LogP contribution >= 0.6 is 7.60 Å². The number of nitrogens with zero attached hydrogens (tertiary/aromatic N) is 1. The number of carbonyl (C=O) groups is 5. The van der Waals surface area contributed by atoms with E-state index in [0.717, 1.165) is 5.56 Å². The molecule has 1 aromatic rings. The average molecular weight is 700 g/mol. The monoisotopic (exact) mass is 699 g/mol. The maximum absolute atomic E-state index is 13.9. The zero-order valence-electron chi connectivity index (χ0n) is 29.4. The predicted octanol–water partition coefficient (Wildman–Crippen LogP) is 5.81. The highest BCUT2D eigenvalue weighted by atomic mass is 31.2. The third-order valence-corrected chi connectivity index (χ3v) is 8.97. The van der Waals surface area contributed by atoms with Crippen LogP contribution in [-0.4, -0.2) is 74.0 Å². The summed E-state index contributed by atoms with van der Waals surface area (Å²) in [5, 5.41) is 0. The van der Waals surface area contributed by atoms with E-state index in [0.29, 0.717) is 0 Å². The minimum Gasteiger partial charge on any atom is -0.445 e. The number of piperidine rings is 1. The van der Waals surface area contributed by atoms with Crippen molar-refractivity contribution >= 4 is 37.6 Å². The van der Waals surface area contributed by atoms with Crippen molar-refractivity contribution in [1.29, 1.82) is 0 Å². The lowest BCUT2D eigenvalue weighted by atomic mass is 9.92. The highest BCUT2D eigenvalue weighted by Gasteiger charge is 2.42. The number of hydrogen-bond donors (Lipinski definition) is 0. The van der Waals surface area contributed by atoms with E-state index in [2.05, 4.69) is 0 Å². The highest BCUT2D eigenvalue weighted by Crippen LogP contribution is 2.51. The molecule has 0 bridgehead atoms. The van der Waals surface area contributed by atoms with Gasteiger partial charge in [-0.05, 0) is 86.6 Å². The SMILES string of the molecule is CC(C)(C)C(=O)OCOC(=O)[C@@H]1C[C@H](CP(=O)(OCOC(=O)C(C)(C)C)OCOC(=O)C(C)(C)C)CCN1C(=O)OCc1ccccc1. The lowest BCUT2D eigenvalue weighted by molar-refractivity contribution is -0.177. The van der Waals surface area contributed by atoms with Crippen molar-refractivity contribution in [1.82, 2.24) is 4.90 Å². The van der Waals surface area contributed by atoms with Crippen LogP contribution in [0.3, 0.4) is 0 Å². The minimum atomic E-state index is -4.12. The first-order valence-electron chi connectivity index (χ1n) is 15.7. The van der Waals surface area contributed by atoms with Gasteiger partial charge in [-0.15, -0.1) is 0 Å². The molecule has 1 aliphatic rings. The van der Waals surface area contributed by atoms with Gasteiger partial charge in [0.15, 0.2) is 0 Å². The lowest BCUT2D eigenvalue weighted by Gasteiger charge is -2.37. The lowest BCUT2D eigenvalue weighted by Crippen LogP contribution is -2.51. The van der Waals surface area contributed by atoms with Crippen molar-refractivity contribution in [3.63, 3.8) is 0 Å². The molecule has 14 nitrogen and oxygen atoms in total. The Balaban J connectivity index is 2.21.